The van der Waals surface area contributed by atoms with E-state index in [1.54, 1.807) is 23.5 Å². The Morgan fingerprint density at radius 3 is 2.43 bits per heavy atom. The summed E-state index contributed by atoms with van der Waals surface area (Å²) in [6.07, 6.45) is 4.39. The monoisotopic (exact) mass is 535 g/mol. The standard InChI is InChI=1S/C31H41N3OS2/c1-6-36-28-20-24(5)33-30(37-7-2)29(28)34-31(35)32-21-26(27-19-22(3)17-18-23(27)4)16-12-11-15-25-13-9-8-10-14-25/h8-10,13-14,17-20,26H,6-7,11-12,15-16,21H2,1-5H3,(H2,32,34,35). The number of hydrogen-bond donors (Lipinski definition) is 2. The molecule has 6 heteroatoms. The molecule has 1 heterocycles. The molecular formula is C31H41N3OS2. The summed E-state index contributed by atoms with van der Waals surface area (Å²) < 4.78 is 0. The summed E-state index contributed by atoms with van der Waals surface area (Å²) in [5, 5.41) is 7.22. The molecule has 2 amide bonds. The van der Waals surface area contributed by atoms with Gasteiger partial charge in [0.2, 0.25) is 0 Å². The summed E-state index contributed by atoms with van der Waals surface area (Å²) in [7, 11) is 0. The van der Waals surface area contributed by atoms with E-state index in [-0.39, 0.29) is 11.9 Å². The quantitative estimate of drug-likeness (QED) is 0.170. The van der Waals surface area contributed by atoms with Gasteiger partial charge in [0, 0.05) is 23.1 Å². The van der Waals surface area contributed by atoms with Gasteiger partial charge in [-0.1, -0.05) is 74.4 Å². The smallest absolute Gasteiger partial charge is 0.319 e. The fourth-order valence-corrected chi connectivity index (χ4v) is 6.26. The van der Waals surface area contributed by atoms with Gasteiger partial charge in [-0.25, -0.2) is 9.78 Å². The highest BCUT2D eigenvalue weighted by Gasteiger charge is 2.18. The van der Waals surface area contributed by atoms with Crippen molar-refractivity contribution in [1.29, 1.82) is 0 Å². The number of pyridine rings is 1. The molecule has 0 bridgehead atoms. The minimum absolute atomic E-state index is 0.166. The van der Waals surface area contributed by atoms with Crippen molar-refractivity contribution >= 4 is 35.2 Å². The minimum Gasteiger partial charge on any atom is -0.337 e. The van der Waals surface area contributed by atoms with Gasteiger partial charge in [-0.2, -0.15) is 0 Å². The van der Waals surface area contributed by atoms with E-state index in [1.807, 2.05) is 6.92 Å². The maximum Gasteiger partial charge on any atom is 0.319 e. The number of nitrogens with one attached hydrogen (secondary N) is 2. The van der Waals surface area contributed by atoms with Crippen molar-refractivity contribution in [3.05, 3.63) is 82.5 Å². The minimum atomic E-state index is -0.166. The molecule has 2 N–H and O–H groups in total. The Labute approximate surface area is 231 Å². The molecule has 0 saturated carbocycles. The van der Waals surface area contributed by atoms with Gasteiger partial charge in [-0.3, -0.25) is 0 Å². The van der Waals surface area contributed by atoms with E-state index in [2.05, 4.69) is 92.9 Å². The number of carbonyl (C=O) groups excluding carboxylic acids is 1. The number of carbonyl (C=O) groups is 1. The van der Waals surface area contributed by atoms with Crippen LogP contribution in [0.1, 0.15) is 67.0 Å². The molecule has 198 valence electrons. The second kappa shape index (κ2) is 15.1. The number of thioether (sulfide) groups is 2. The third-order valence-electron chi connectivity index (χ3n) is 6.39. The largest absolute Gasteiger partial charge is 0.337 e. The number of amides is 2. The number of benzene rings is 2. The summed E-state index contributed by atoms with van der Waals surface area (Å²) in [5.74, 6) is 2.11. The van der Waals surface area contributed by atoms with E-state index < -0.39 is 0 Å². The lowest BCUT2D eigenvalue weighted by Gasteiger charge is -2.22. The van der Waals surface area contributed by atoms with Crippen LogP contribution in [-0.4, -0.2) is 29.1 Å². The molecule has 37 heavy (non-hydrogen) atoms. The molecule has 3 rings (SSSR count). The van der Waals surface area contributed by atoms with E-state index in [0.717, 1.165) is 58.5 Å². The van der Waals surface area contributed by atoms with Gasteiger partial charge in [-0.05, 0) is 74.3 Å². The molecule has 3 aromatic rings. The normalized spacial score (nSPS) is 11.8. The molecule has 2 aromatic carbocycles. The summed E-state index contributed by atoms with van der Waals surface area (Å²) in [5.41, 5.74) is 7.06. The molecule has 0 saturated heterocycles. The highest BCUT2D eigenvalue weighted by molar-refractivity contribution is 8.00. The Morgan fingerprint density at radius 1 is 0.946 bits per heavy atom. The van der Waals surface area contributed by atoms with Gasteiger partial charge >= 0.3 is 6.03 Å². The van der Waals surface area contributed by atoms with Gasteiger partial charge < -0.3 is 10.6 Å². The van der Waals surface area contributed by atoms with E-state index in [4.69, 9.17) is 4.98 Å². The van der Waals surface area contributed by atoms with E-state index in [9.17, 15) is 4.79 Å². The molecular weight excluding hydrogens is 494 g/mol. The molecule has 0 aliphatic rings. The molecule has 0 aliphatic heterocycles. The third-order valence-corrected chi connectivity index (χ3v) is 8.17. The van der Waals surface area contributed by atoms with Crippen LogP contribution >= 0.6 is 23.5 Å². The first-order valence-corrected chi connectivity index (χ1v) is 15.3. The zero-order valence-electron chi connectivity index (χ0n) is 22.9. The summed E-state index contributed by atoms with van der Waals surface area (Å²) in [6.45, 7) is 11.2. The van der Waals surface area contributed by atoms with Crippen molar-refractivity contribution < 1.29 is 4.79 Å². The first-order chi connectivity index (χ1) is 17.9. The highest BCUT2D eigenvalue weighted by atomic mass is 32.2. The topological polar surface area (TPSA) is 54.0 Å². The highest BCUT2D eigenvalue weighted by Crippen LogP contribution is 2.35. The Bertz CT molecular complexity index is 1120. The SMILES string of the molecule is CCSc1cc(C)nc(SCC)c1NC(=O)NCC(CCCCc1ccccc1)c1cc(C)ccc1C. The van der Waals surface area contributed by atoms with Crippen molar-refractivity contribution in [2.45, 2.75) is 76.1 Å². The van der Waals surface area contributed by atoms with E-state index in [0.29, 0.717) is 6.54 Å². The number of anilines is 1. The fraction of sp³-hybridized carbons (Fsp3) is 0.419. The third kappa shape index (κ3) is 9.11. The first kappa shape index (κ1) is 29.1. The zero-order valence-corrected chi connectivity index (χ0v) is 24.5. The average Bonchev–Trinajstić information content (AvgIpc) is 2.88. The van der Waals surface area contributed by atoms with Gasteiger partial charge in [0.25, 0.3) is 0 Å². The maximum atomic E-state index is 13.1. The molecule has 1 unspecified atom stereocenters. The van der Waals surface area contributed by atoms with Crippen LogP contribution < -0.4 is 10.6 Å². The first-order valence-electron chi connectivity index (χ1n) is 13.3. The zero-order chi connectivity index (χ0) is 26.6. The maximum absolute atomic E-state index is 13.1. The number of nitrogens with zero attached hydrogens (tertiary/aromatic N) is 1. The lowest BCUT2D eigenvalue weighted by Crippen LogP contribution is -2.33. The Kier molecular flexibility index (Phi) is 11.9. The second-order valence-corrected chi connectivity index (χ2v) is 12.0. The number of aryl methyl sites for hydroxylation is 4. The van der Waals surface area contributed by atoms with Crippen LogP contribution in [-0.2, 0) is 6.42 Å². The number of aromatic nitrogens is 1. The van der Waals surface area contributed by atoms with Crippen molar-refractivity contribution in [1.82, 2.24) is 10.3 Å². The van der Waals surface area contributed by atoms with Crippen LogP contribution in [0.3, 0.4) is 0 Å². The molecule has 0 radical (unpaired) electrons. The van der Waals surface area contributed by atoms with Crippen molar-refractivity contribution in [2.24, 2.45) is 0 Å². The van der Waals surface area contributed by atoms with Gasteiger partial charge in [0.1, 0.15) is 5.03 Å². The van der Waals surface area contributed by atoms with Crippen molar-refractivity contribution in [3.63, 3.8) is 0 Å². The second-order valence-electron chi connectivity index (χ2n) is 9.43. The molecule has 0 aliphatic carbocycles. The van der Waals surface area contributed by atoms with Crippen molar-refractivity contribution in [3.8, 4) is 0 Å². The van der Waals surface area contributed by atoms with Crippen LogP contribution in [0.4, 0.5) is 10.5 Å². The Morgan fingerprint density at radius 2 is 1.70 bits per heavy atom. The predicted octanol–water partition coefficient (Wildman–Crippen LogP) is 8.55. The summed E-state index contributed by atoms with van der Waals surface area (Å²) in [4.78, 5) is 18.9. The van der Waals surface area contributed by atoms with E-state index in [1.165, 1.54) is 22.3 Å². The number of unbranched alkanes of at least 4 members (excludes halogenated alkanes) is 1. The van der Waals surface area contributed by atoms with E-state index >= 15 is 0 Å². The molecule has 1 atom stereocenters. The molecule has 0 fully saturated rings. The number of hydrogen-bond acceptors (Lipinski definition) is 4. The summed E-state index contributed by atoms with van der Waals surface area (Å²) >= 11 is 3.41. The average molecular weight is 536 g/mol. The van der Waals surface area contributed by atoms with Crippen LogP contribution in [0.15, 0.2) is 64.5 Å². The summed E-state index contributed by atoms with van der Waals surface area (Å²) in [6, 6.07) is 19.2. The Hall–Kier alpha value is -2.44. The van der Waals surface area contributed by atoms with Gasteiger partial charge in [-0.15, -0.1) is 23.5 Å². The molecule has 0 spiro atoms. The molecule has 1 aromatic heterocycles. The van der Waals surface area contributed by atoms with Gasteiger partial charge in [0.15, 0.2) is 0 Å². The number of urea groups is 1. The van der Waals surface area contributed by atoms with Crippen LogP contribution in [0, 0.1) is 20.8 Å². The Balaban J connectivity index is 1.69. The van der Waals surface area contributed by atoms with Gasteiger partial charge in [0.05, 0.1) is 5.69 Å². The number of rotatable bonds is 13. The fourth-order valence-electron chi connectivity index (χ4n) is 4.55. The lowest BCUT2D eigenvalue weighted by molar-refractivity contribution is 0.251. The van der Waals surface area contributed by atoms with Crippen LogP contribution in [0.5, 0.6) is 0 Å². The predicted molar refractivity (Wildman–Crippen MR) is 161 cm³/mol. The molecule has 4 nitrogen and oxygen atoms in total. The van der Waals surface area contributed by atoms with Crippen LogP contribution in [0.2, 0.25) is 0 Å². The van der Waals surface area contributed by atoms with Crippen LogP contribution in [0.25, 0.3) is 0 Å². The lowest BCUT2D eigenvalue weighted by atomic mass is 9.88. The van der Waals surface area contributed by atoms with Crippen molar-refractivity contribution in [2.75, 3.05) is 23.4 Å².